The number of ether oxygens (including phenoxy) is 2. The van der Waals surface area contributed by atoms with E-state index in [2.05, 4.69) is 15.3 Å². The highest BCUT2D eigenvalue weighted by Crippen LogP contribution is 2.48. The molecule has 2 aliphatic carbocycles. The lowest BCUT2D eigenvalue weighted by Gasteiger charge is -2.36. The first kappa shape index (κ1) is 29.6. The normalized spacial score (nSPS) is 20.1. The predicted molar refractivity (Wildman–Crippen MR) is 150 cm³/mol. The van der Waals surface area contributed by atoms with Crippen LogP contribution in [0.5, 0.6) is 5.75 Å². The molecule has 0 radical (unpaired) electrons. The molecular weight excluding hydrogens is 532 g/mol. The summed E-state index contributed by atoms with van der Waals surface area (Å²) in [6.07, 6.45) is 3.64. The van der Waals surface area contributed by atoms with Gasteiger partial charge in [0.25, 0.3) is 0 Å². The molecule has 1 heterocycles. The number of hydrogen-bond acceptors (Lipinski definition) is 9. The first-order chi connectivity index (χ1) is 18.6. The quantitative estimate of drug-likeness (QED) is 0.491. The fourth-order valence-electron chi connectivity index (χ4n) is 5.50. The minimum absolute atomic E-state index is 0.0488. The summed E-state index contributed by atoms with van der Waals surface area (Å²) in [5.74, 6) is 0.608. The molecule has 3 N–H and O–H groups in total. The maximum Gasteiger partial charge on any atom is 0.407 e. The van der Waals surface area contributed by atoms with Gasteiger partial charge in [0.15, 0.2) is 0 Å². The smallest absolute Gasteiger partial charge is 0.407 e. The van der Waals surface area contributed by atoms with Crippen molar-refractivity contribution in [3.8, 4) is 23.1 Å². The molecule has 2 aromatic rings. The zero-order chi connectivity index (χ0) is 29.5. The zero-order valence-corrected chi connectivity index (χ0v) is 24.8. The van der Waals surface area contributed by atoms with Crippen LogP contribution < -0.4 is 15.8 Å². The number of benzene rings is 1. The SMILES string of the molecule is CN(CC#N)S(=O)(=O)c1c(OC2CCC(NC(=O)OC(C)(C)C)CC2)ccc2c1CC(C)(C)c1c(N)ncnc1-2. The maximum absolute atomic E-state index is 13.9. The van der Waals surface area contributed by atoms with Gasteiger partial charge in [-0.1, -0.05) is 13.8 Å². The number of fused-ring (bicyclic) bond motifs is 3. The summed E-state index contributed by atoms with van der Waals surface area (Å²) in [6.45, 7) is 9.11. The van der Waals surface area contributed by atoms with Crippen molar-refractivity contribution < 1.29 is 22.7 Å². The van der Waals surface area contributed by atoms with Crippen LogP contribution in [0.25, 0.3) is 11.3 Å². The average molecular weight is 571 g/mol. The predicted octanol–water partition coefficient (Wildman–Crippen LogP) is 3.92. The molecule has 216 valence electrons. The molecule has 11 nitrogen and oxygen atoms in total. The Morgan fingerprint density at radius 1 is 1.23 bits per heavy atom. The monoisotopic (exact) mass is 570 g/mol. The van der Waals surface area contributed by atoms with Crippen molar-refractivity contribution in [2.24, 2.45) is 0 Å². The van der Waals surface area contributed by atoms with Crippen molar-refractivity contribution in [1.82, 2.24) is 19.6 Å². The summed E-state index contributed by atoms with van der Waals surface area (Å²) >= 11 is 0. The summed E-state index contributed by atoms with van der Waals surface area (Å²) in [7, 11) is -2.71. The van der Waals surface area contributed by atoms with Gasteiger partial charge < -0.3 is 20.5 Å². The topological polar surface area (TPSA) is 161 Å². The van der Waals surface area contributed by atoms with Crippen LogP contribution in [0.3, 0.4) is 0 Å². The molecule has 1 fully saturated rings. The highest BCUT2D eigenvalue weighted by molar-refractivity contribution is 7.89. The van der Waals surface area contributed by atoms with Crippen LogP contribution in [0.1, 0.15) is 71.4 Å². The summed E-state index contributed by atoms with van der Waals surface area (Å²) < 4.78 is 40.6. The van der Waals surface area contributed by atoms with Crippen LogP contribution >= 0.6 is 0 Å². The number of anilines is 1. The van der Waals surface area contributed by atoms with Crippen molar-refractivity contribution in [3.63, 3.8) is 0 Å². The third-order valence-corrected chi connectivity index (χ3v) is 9.22. The summed E-state index contributed by atoms with van der Waals surface area (Å²) in [5, 5.41) is 12.2. The number of sulfonamides is 1. The van der Waals surface area contributed by atoms with Gasteiger partial charge in [0.05, 0.1) is 17.9 Å². The Morgan fingerprint density at radius 3 is 2.52 bits per heavy atom. The van der Waals surface area contributed by atoms with Gasteiger partial charge in [-0.05, 0) is 76.0 Å². The third-order valence-electron chi connectivity index (χ3n) is 7.30. The summed E-state index contributed by atoms with van der Waals surface area (Å²) in [6, 6.07) is 5.36. The Labute approximate surface area is 236 Å². The average Bonchev–Trinajstić information content (AvgIpc) is 2.83. The van der Waals surface area contributed by atoms with E-state index in [0.29, 0.717) is 54.7 Å². The molecule has 2 aliphatic rings. The second-order valence-electron chi connectivity index (χ2n) is 12.1. The number of alkyl carbamates (subject to hydrolysis) is 1. The van der Waals surface area contributed by atoms with Crippen molar-refractivity contribution in [3.05, 3.63) is 29.6 Å². The Balaban J connectivity index is 1.67. The Morgan fingerprint density at radius 2 is 1.90 bits per heavy atom. The number of hydrogen-bond donors (Lipinski definition) is 2. The molecule has 12 heteroatoms. The van der Waals surface area contributed by atoms with Gasteiger partial charge in [-0.2, -0.15) is 9.57 Å². The first-order valence-corrected chi connectivity index (χ1v) is 14.8. The van der Waals surface area contributed by atoms with Gasteiger partial charge in [0, 0.05) is 24.2 Å². The minimum Gasteiger partial charge on any atom is -0.489 e. The highest BCUT2D eigenvalue weighted by Gasteiger charge is 2.40. The fraction of sp³-hybridized carbons (Fsp3) is 0.571. The van der Waals surface area contributed by atoms with E-state index in [0.717, 1.165) is 9.87 Å². The maximum atomic E-state index is 13.9. The van der Waals surface area contributed by atoms with Crippen LogP contribution in [-0.2, 0) is 26.6 Å². The molecule has 0 spiro atoms. The number of amides is 1. The molecule has 0 atom stereocenters. The Hall–Kier alpha value is -3.43. The van der Waals surface area contributed by atoms with E-state index in [1.54, 1.807) is 6.07 Å². The number of aromatic nitrogens is 2. The lowest BCUT2D eigenvalue weighted by molar-refractivity contribution is 0.0469. The molecule has 0 saturated heterocycles. The second kappa shape index (κ2) is 10.9. The van der Waals surface area contributed by atoms with Crippen molar-refractivity contribution in [2.75, 3.05) is 19.3 Å². The van der Waals surface area contributed by atoms with Gasteiger partial charge in [-0.3, -0.25) is 0 Å². The third kappa shape index (κ3) is 6.00. The Bertz CT molecular complexity index is 1440. The van der Waals surface area contributed by atoms with E-state index in [4.69, 9.17) is 15.2 Å². The number of nitrogens with one attached hydrogen (secondary N) is 1. The van der Waals surface area contributed by atoms with Gasteiger partial charge in [0.2, 0.25) is 10.0 Å². The number of carbonyl (C=O) groups is 1. The van der Waals surface area contributed by atoms with Crippen molar-refractivity contribution in [1.29, 1.82) is 5.26 Å². The number of nitrogens with zero attached hydrogens (tertiary/aromatic N) is 4. The van der Waals surface area contributed by atoms with Gasteiger partial charge >= 0.3 is 6.09 Å². The van der Waals surface area contributed by atoms with Crippen LogP contribution in [0, 0.1) is 11.3 Å². The molecule has 4 rings (SSSR count). The fourth-order valence-corrected chi connectivity index (χ4v) is 6.90. The molecule has 40 heavy (non-hydrogen) atoms. The Kier molecular flexibility index (Phi) is 8.02. The van der Waals surface area contributed by atoms with E-state index in [9.17, 15) is 18.5 Å². The summed E-state index contributed by atoms with van der Waals surface area (Å²) in [5.41, 5.74) is 7.73. The van der Waals surface area contributed by atoms with Crippen molar-refractivity contribution >= 4 is 21.9 Å². The lowest BCUT2D eigenvalue weighted by atomic mass is 9.72. The highest BCUT2D eigenvalue weighted by atomic mass is 32.2. The van der Waals surface area contributed by atoms with E-state index in [1.165, 1.54) is 13.4 Å². The molecule has 0 unspecified atom stereocenters. The van der Waals surface area contributed by atoms with Gasteiger partial charge in [-0.25, -0.2) is 23.2 Å². The van der Waals surface area contributed by atoms with E-state index >= 15 is 0 Å². The molecule has 1 amide bonds. The van der Waals surface area contributed by atoms with Crippen molar-refractivity contribution in [2.45, 2.75) is 94.8 Å². The number of nitrogens with two attached hydrogens (primary N) is 1. The minimum atomic E-state index is -4.09. The number of nitriles is 1. The molecule has 1 saturated carbocycles. The zero-order valence-electron chi connectivity index (χ0n) is 23.9. The van der Waals surface area contributed by atoms with Crippen LogP contribution in [0.4, 0.5) is 10.6 Å². The molecule has 0 bridgehead atoms. The van der Waals surface area contributed by atoms with Crippen LogP contribution in [0.15, 0.2) is 23.4 Å². The molecular formula is C28H38N6O5S. The van der Waals surface area contributed by atoms with Crippen LogP contribution in [0.2, 0.25) is 0 Å². The van der Waals surface area contributed by atoms with E-state index in [-0.39, 0.29) is 29.3 Å². The van der Waals surface area contributed by atoms with E-state index in [1.807, 2.05) is 46.8 Å². The summed E-state index contributed by atoms with van der Waals surface area (Å²) in [4.78, 5) is 20.9. The number of nitrogen functional groups attached to an aromatic ring is 1. The standard InChI is InChI=1S/C28H38N6O5S/c1-27(2,3)39-26(35)33-17-7-9-18(10-8-17)38-21-12-11-19-20(24(21)40(36,37)34(6)14-13-29)15-28(4,5)22-23(19)31-16-32-25(22)30/h11-12,16-18H,7-10,14-15H2,1-6H3,(H,33,35)(H2,30,31,32). The van der Waals surface area contributed by atoms with E-state index < -0.39 is 27.1 Å². The number of carbonyl (C=O) groups excluding carboxylic acids is 1. The van der Waals surface area contributed by atoms with Gasteiger partial charge in [-0.15, -0.1) is 0 Å². The molecule has 1 aromatic carbocycles. The lowest BCUT2D eigenvalue weighted by Crippen LogP contribution is -2.42. The molecule has 1 aromatic heterocycles. The number of rotatable bonds is 6. The first-order valence-electron chi connectivity index (χ1n) is 13.4. The molecule has 0 aliphatic heterocycles. The van der Waals surface area contributed by atoms with Gasteiger partial charge in [0.1, 0.15) is 34.9 Å². The van der Waals surface area contributed by atoms with Crippen LogP contribution in [-0.4, -0.2) is 60.1 Å². The second-order valence-corrected chi connectivity index (χ2v) is 14.1. The largest absolute Gasteiger partial charge is 0.489 e.